The summed E-state index contributed by atoms with van der Waals surface area (Å²) in [4.78, 5) is 0.0623. The highest BCUT2D eigenvalue weighted by Crippen LogP contribution is 2.40. The lowest BCUT2D eigenvalue weighted by atomic mass is 10.3. The minimum atomic E-state index is -0.994. The van der Waals surface area contributed by atoms with E-state index in [0.29, 0.717) is 0 Å². The van der Waals surface area contributed by atoms with Crippen molar-refractivity contribution in [2.45, 2.75) is 9.79 Å². The summed E-state index contributed by atoms with van der Waals surface area (Å²) in [7, 11) is 1.66. The van der Waals surface area contributed by atoms with Gasteiger partial charge in [0, 0.05) is 0 Å². The first kappa shape index (κ1) is 13.3. The summed E-state index contributed by atoms with van der Waals surface area (Å²) in [6.07, 6.45) is 0. The Morgan fingerprint density at radius 1 is 0.611 bits per heavy atom. The number of hydrogen-bond donors (Lipinski definition) is 0. The van der Waals surface area contributed by atoms with Crippen LogP contribution >= 0.6 is 21.6 Å². The van der Waals surface area contributed by atoms with Gasteiger partial charge in [0.25, 0.3) is 0 Å². The van der Waals surface area contributed by atoms with E-state index in [4.69, 9.17) is 0 Å². The van der Waals surface area contributed by atoms with Crippen molar-refractivity contribution < 1.29 is 17.6 Å². The summed E-state index contributed by atoms with van der Waals surface area (Å²) in [6.45, 7) is 0. The minimum Gasteiger partial charge on any atom is -0.204 e. The zero-order chi connectivity index (χ0) is 13.1. The van der Waals surface area contributed by atoms with Crippen molar-refractivity contribution in [3.05, 3.63) is 59.7 Å². The molecule has 2 aromatic carbocycles. The summed E-state index contributed by atoms with van der Waals surface area (Å²) in [5.74, 6) is -3.93. The second-order valence-electron chi connectivity index (χ2n) is 3.27. The van der Waals surface area contributed by atoms with E-state index in [2.05, 4.69) is 0 Å². The smallest absolute Gasteiger partial charge is 0.173 e. The molecule has 0 heterocycles. The van der Waals surface area contributed by atoms with Crippen LogP contribution < -0.4 is 0 Å². The molecular weight excluding hydrogens is 284 g/mol. The maximum atomic E-state index is 13.3. The van der Waals surface area contributed by atoms with Crippen LogP contribution in [-0.4, -0.2) is 0 Å². The van der Waals surface area contributed by atoms with Crippen LogP contribution in [0.15, 0.2) is 46.2 Å². The SMILES string of the molecule is Fc1cccc(SSc2cccc(F)c2F)c1F. The van der Waals surface area contributed by atoms with E-state index in [1.807, 2.05) is 0 Å². The zero-order valence-electron chi connectivity index (χ0n) is 8.79. The molecule has 0 N–H and O–H groups in total. The lowest BCUT2D eigenvalue weighted by Crippen LogP contribution is -1.87. The quantitative estimate of drug-likeness (QED) is 0.573. The number of rotatable bonds is 3. The van der Waals surface area contributed by atoms with Crippen LogP contribution in [0.2, 0.25) is 0 Å². The Hall–Kier alpha value is -1.14. The summed E-state index contributed by atoms with van der Waals surface area (Å²) in [5.41, 5.74) is 0. The molecule has 0 bridgehead atoms. The highest BCUT2D eigenvalue weighted by Gasteiger charge is 2.12. The molecule has 0 aliphatic heterocycles. The average Bonchev–Trinajstić information content (AvgIpc) is 2.36. The second-order valence-corrected chi connectivity index (χ2v) is 5.48. The molecule has 0 spiro atoms. The maximum absolute atomic E-state index is 13.3. The fraction of sp³-hybridized carbons (Fsp3) is 0. The van der Waals surface area contributed by atoms with Crippen molar-refractivity contribution in [1.29, 1.82) is 0 Å². The lowest BCUT2D eigenvalue weighted by Gasteiger charge is -2.04. The van der Waals surface area contributed by atoms with Gasteiger partial charge >= 0.3 is 0 Å². The molecule has 0 unspecified atom stereocenters. The Labute approximate surface area is 109 Å². The molecule has 2 aromatic rings. The predicted octanol–water partition coefficient (Wildman–Crippen LogP) is 5.04. The summed E-state index contributed by atoms with van der Waals surface area (Å²) in [5, 5.41) is 0. The van der Waals surface area contributed by atoms with Gasteiger partial charge in [0.2, 0.25) is 0 Å². The topological polar surface area (TPSA) is 0 Å². The molecule has 0 aromatic heterocycles. The van der Waals surface area contributed by atoms with E-state index in [-0.39, 0.29) is 9.79 Å². The van der Waals surface area contributed by atoms with Crippen molar-refractivity contribution >= 4 is 21.6 Å². The van der Waals surface area contributed by atoms with Crippen LogP contribution in [0.4, 0.5) is 17.6 Å². The molecule has 94 valence electrons. The van der Waals surface area contributed by atoms with E-state index in [1.165, 1.54) is 24.3 Å². The van der Waals surface area contributed by atoms with Gasteiger partial charge in [0.15, 0.2) is 23.3 Å². The van der Waals surface area contributed by atoms with Crippen molar-refractivity contribution in [2.75, 3.05) is 0 Å². The zero-order valence-corrected chi connectivity index (χ0v) is 10.4. The highest BCUT2D eigenvalue weighted by molar-refractivity contribution is 8.76. The van der Waals surface area contributed by atoms with Gasteiger partial charge in [-0.25, -0.2) is 17.6 Å². The third-order valence-corrected chi connectivity index (χ3v) is 4.45. The molecule has 18 heavy (non-hydrogen) atoms. The van der Waals surface area contributed by atoms with Crippen LogP contribution in [0.25, 0.3) is 0 Å². The number of hydrogen-bond acceptors (Lipinski definition) is 2. The Morgan fingerprint density at radius 2 is 1.00 bits per heavy atom. The molecule has 0 saturated heterocycles. The van der Waals surface area contributed by atoms with Gasteiger partial charge in [-0.05, 0) is 45.9 Å². The van der Waals surface area contributed by atoms with Gasteiger partial charge < -0.3 is 0 Å². The van der Waals surface area contributed by atoms with Gasteiger partial charge in [-0.1, -0.05) is 12.1 Å². The first-order valence-electron chi connectivity index (χ1n) is 4.82. The molecule has 0 atom stereocenters. The normalized spacial score (nSPS) is 10.7. The van der Waals surface area contributed by atoms with Gasteiger partial charge in [0.05, 0.1) is 9.79 Å². The van der Waals surface area contributed by atoms with Crippen molar-refractivity contribution in [3.8, 4) is 0 Å². The summed E-state index contributed by atoms with van der Waals surface area (Å²) < 4.78 is 52.4. The Kier molecular flexibility index (Phi) is 4.19. The first-order valence-corrected chi connectivity index (χ1v) is 6.97. The largest absolute Gasteiger partial charge is 0.204 e. The third kappa shape index (κ3) is 2.81. The highest BCUT2D eigenvalue weighted by atomic mass is 33.1. The Morgan fingerprint density at radius 3 is 1.39 bits per heavy atom. The molecule has 0 fully saturated rings. The number of benzene rings is 2. The minimum absolute atomic E-state index is 0.0312. The summed E-state index contributed by atoms with van der Waals surface area (Å²) >= 11 is 0. The van der Waals surface area contributed by atoms with Crippen molar-refractivity contribution in [1.82, 2.24) is 0 Å². The monoisotopic (exact) mass is 290 g/mol. The molecule has 6 heteroatoms. The number of halogens is 4. The van der Waals surface area contributed by atoms with E-state index in [0.717, 1.165) is 33.7 Å². The Balaban J connectivity index is 2.17. The van der Waals surface area contributed by atoms with Gasteiger partial charge in [-0.15, -0.1) is 0 Å². The van der Waals surface area contributed by atoms with E-state index >= 15 is 0 Å². The fourth-order valence-electron chi connectivity index (χ4n) is 1.19. The average molecular weight is 290 g/mol. The van der Waals surface area contributed by atoms with Crippen molar-refractivity contribution in [2.24, 2.45) is 0 Å². The molecule has 0 aliphatic carbocycles. The second kappa shape index (κ2) is 5.67. The molecule has 2 rings (SSSR count). The first-order chi connectivity index (χ1) is 8.59. The van der Waals surface area contributed by atoms with E-state index in [9.17, 15) is 17.6 Å². The molecule has 0 saturated carbocycles. The van der Waals surface area contributed by atoms with Crippen molar-refractivity contribution in [3.63, 3.8) is 0 Å². The molecular formula is C12H6F4S2. The maximum Gasteiger partial charge on any atom is 0.173 e. The molecule has 0 amide bonds. The molecule has 0 radical (unpaired) electrons. The van der Waals surface area contributed by atoms with Crippen LogP contribution in [0.3, 0.4) is 0 Å². The fourth-order valence-corrected chi connectivity index (χ4v) is 3.29. The van der Waals surface area contributed by atoms with Crippen LogP contribution in [0.1, 0.15) is 0 Å². The van der Waals surface area contributed by atoms with E-state index in [1.54, 1.807) is 0 Å². The molecule has 0 aliphatic rings. The van der Waals surface area contributed by atoms with E-state index < -0.39 is 23.3 Å². The molecule has 0 nitrogen and oxygen atoms in total. The van der Waals surface area contributed by atoms with Gasteiger partial charge in [-0.3, -0.25) is 0 Å². The van der Waals surface area contributed by atoms with Crippen LogP contribution in [0.5, 0.6) is 0 Å². The Bertz CT molecular complexity index is 520. The standard InChI is InChI=1S/C12H6F4S2/c13-7-3-1-5-9(11(7)15)17-18-10-6-2-4-8(14)12(10)16/h1-6H. The van der Waals surface area contributed by atoms with Gasteiger partial charge in [0.1, 0.15) is 0 Å². The van der Waals surface area contributed by atoms with Gasteiger partial charge in [-0.2, -0.15) is 0 Å². The lowest BCUT2D eigenvalue weighted by molar-refractivity contribution is 0.491. The predicted molar refractivity (Wildman–Crippen MR) is 64.4 cm³/mol. The van der Waals surface area contributed by atoms with Crippen LogP contribution in [-0.2, 0) is 0 Å². The summed E-state index contributed by atoms with van der Waals surface area (Å²) in [6, 6.07) is 7.42. The third-order valence-electron chi connectivity index (χ3n) is 2.05. The van der Waals surface area contributed by atoms with Crippen LogP contribution in [0, 0.1) is 23.3 Å².